The molecule has 3 rings (SSSR count). The summed E-state index contributed by atoms with van der Waals surface area (Å²) in [6.07, 6.45) is 2.71. The summed E-state index contributed by atoms with van der Waals surface area (Å²) in [5.41, 5.74) is 0.164. The van der Waals surface area contributed by atoms with Crippen LogP contribution in [0.25, 0.3) is 11.0 Å². The first-order valence-corrected chi connectivity index (χ1v) is 6.59. The van der Waals surface area contributed by atoms with E-state index in [0.717, 1.165) is 6.54 Å². The van der Waals surface area contributed by atoms with E-state index in [1.54, 1.807) is 6.07 Å². The highest BCUT2D eigenvalue weighted by atomic mass is 19.1. The Labute approximate surface area is 111 Å². The van der Waals surface area contributed by atoms with Gasteiger partial charge in [-0.3, -0.25) is 0 Å². The summed E-state index contributed by atoms with van der Waals surface area (Å²) in [5, 5.41) is 11.6. The van der Waals surface area contributed by atoms with Crippen LogP contribution in [0.2, 0.25) is 0 Å². The quantitative estimate of drug-likeness (QED) is 0.859. The number of nitrogens with zero attached hydrogens (tertiary/aromatic N) is 1. The molecule has 1 saturated heterocycles. The average Bonchev–Trinajstić information content (AvgIpc) is 2.81. The minimum Gasteiger partial charge on any atom is -0.464 e. The molecule has 0 spiro atoms. The highest BCUT2D eigenvalue weighted by Crippen LogP contribution is 2.39. The van der Waals surface area contributed by atoms with Crippen LogP contribution in [-0.2, 0) is 5.60 Å². The molecule has 0 saturated carbocycles. The predicted molar refractivity (Wildman–Crippen MR) is 71.4 cm³/mol. The SMILES string of the molecule is CC1CC(O)(c2cc(F)cc3ccoc23)CCN1C. The van der Waals surface area contributed by atoms with E-state index in [-0.39, 0.29) is 11.9 Å². The van der Waals surface area contributed by atoms with E-state index < -0.39 is 5.60 Å². The highest BCUT2D eigenvalue weighted by Gasteiger charge is 2.38. The molecule has 3 nitrogen and oxygen atoms in total. The molecule has 2 aromatic rings. The van der Waals surface area contributed by atoms with E-state index in [2.05, 4.69) is 11.8 Å². The smallest absolute Gasteiger partial charge is 0.140 e. The van der Waals surface area contributed by atoms with Crippen LogP contribution in [0.4, 0.5) is 4.39 Å². The lowest BCUT2D eigenvalue weighted by molar-refractivity contribution is -0.0404. The second kappa shape index (κ2) is 4.32. The van der Waals surface area contributed by atoms with E-state index >= 15 is 0 Å². The lowest BCUT2D eigenvalue weighted by atomic mass is 9.81. The van der Waals surface area contributed by atoms with Gasteiger partial charge in [0.2, 0.25) is 0 Å². The molecule has 2 unspecified atom stereocenters. The van der Waals surface area contributed by atoms with Crippen molar-refractivity contribution >= 4 is 11.0 Å². The molecular formula is C15H18FNO2. The molecule has 4 heteroatoms. The molecule has 0 aliphatic carbocycles. The average molecular weight is 263 g/mol. The van der Waals surface area contributed by atoms with Gasteiger partial charge in [0, 0.05) is 23.5 Å². The summed E-state index contributed by atoms with van der Waals surface area (Å²) >= 11 is 0. The molecule has 1 fully saturated rings. The number of hydrogen-bond acceptors (Lipinski definition) is 3. The van der Waals surface area contributed by atoms with Crippen LogP contribution in [0.3, 0.4) is 0 Å². The molecule has 0 radical (unpaired) electrons. The Hall–Kier alpha value is -1.39. The van der Waals surface area contributed by atoms with E-state index in [1.165, 1.54) is 18.4 Å². The summed E-state index contributed by atoms with van der Waals surface area (Å²) in [7, 11) is 2.04. The lowest BCUT2D eigenvalue weighted by Gasteiger charge is -2.41. The van der Waals surface area contributed by atoms with Crippen LogP contribution in [0.5, 0.6) is 0 Å². The van der Waals surface area contributed by atoms with Crippen LogP contribution in [0, 0.1) is 5.82 Å². The highest BCUT2D eigenvalue weighted by molar-refractivity contribution is 5.81. The predicted octanol–water partition coefficient (Wildman–Crippen LogP) is 2.87. The maximum absolute atomic E-state index is 13.7. The number of halogens is 1. The summed E-state index contributed by atoms with van der Waals surface area (Å²) < 4.78 is 19.2. The van der Waals surface area contributed by atoms with Gasteiger partial charge in [0.05, 0.1) is 11.9 Å². The molecule has 1 aromatic heterocycles. The van der Waals surface area contributed by atoms with Gasteiger partial charge < -0.3 is 14.4 Å². The zero-order valence-corrected chi connectivity index (χ0v) is 11.2. The molecule has 0 amide bonds. The molecule has 2 heterocycles. The van der Waals surface area contributed by atoms with Crippen LogP contribution in [-0.4, -0.2) is 29.6 Å². The third-order valence-corrected chi connectivity index (χ3v) is 4.28. The zero-order chi connectivity index (χ0) is 13.6. The van der Waals surface area contributed by atoms with Crippen LogP contribution in [0.15, 0.2) is 28.9 Å². The second-order valence-corrected chi connectivity index (χ2v) is 5.61. The lowest BCUT2D eigenvalue weighted by Crippen LogP contribution is -2.46. The Morgan fingerprint density at radius 3 is 3.00 bits per heavy atom. The van der Waals surface area contributed by atoms with Crippen molar-refractivity contribution in [3.05, 3.63) is 35.8 Å². The van der Waals surface area contributed by atoms with Gasteiger partial charge in [-0.1, -0.05) is 0 Å². The number of piperidine rings is 1. The maximum Gasteiger partial charge on any atom is 0.140 e. The van der Waals surface area contributed by atoms with Gasteiger partial charge in [0.15, 0.2) is 0 Å². The summed E-state index contributed by atoms with van der Waals surface area (Å²) in [4.78, 5) is 2.20. The summed E-state index contributed by atoms with van der Waals surface area (Å²) in [6.45, 7) is 2.86. The monoisotopic (exact) mass is 263 g/mol. The Morgan fingerprint density at radius 1 is 1.47 bits per heavy atom. The minimum atomic E-state index is -1.01. The third-order valence-electron chi connectivity index (χ3n) is 4.28. The van der Waals surface area contributed by atoms with Crippen molar-refractivity contribution in [2.75, 3.05) is 13.6 Å². The van der Waals surface area contributed by atoms with E-state index in [1.807, 2.05) is 7.05 Å². The largest absolute Gasteiger partial charge is 0.464 e. The number of aliphatic hydroxyl groups is 1. The molecule has 0 bridgehead atoms. The van der Waals surface area contributed by atoms with Crippen molar-refractivity contribution in [1.29, 1.82) is 0 Å². The van der Waals surface area contributed by atoms with E-state index in [9.17, 15) is 9.50 Å². The van der Waals surface area contributed by atoms with Crippen molar-refractivity contribution in [2.24, 2.45) is 0 Å². The van der Waals surface area contributed by atoms with Crippen molar-refractivity contribution in [2.45, 2.75) is 31.4 Å². The Bertz CT molecular complexity index is 609. The molecule has 2 atom stereocenters. The van der Waals surface area contributed by atoms with Gasteiger partial charge >= 0.3 is 0 Å². The maximum atomic E-state index is 13.7. The molecule has 1 N–H and O–H groups in total. The van der Waals surface area contributed by atoms with Crippen LogP contribution >= 0.6 is 0 Å². The van der Waals surface area contributed by atoms with Gasteiger partial charge in [0.25, 0.3) is 0 Å². The topological polar surface area (TPSA) is 36.6 Å². The first-order chi connectivity index (χ1) is 8.99. The van der Waals surface area contributed by atoms with Crippen LogP contribution < -0.4 is 0 Å². The standard InChI is InChI=1S/C15H18FNO2/c1-10-9-15(18,4-5-17(10)2)13-8-12(16)7-11-3-6-19-14(11)13/h3,6-8,10,18H,4-5,9H2,1-2H3. The first kappa shape index (κ1) is 12.6. The summed E-state index contributed by atoms with van der Waals surface area (Å²) in [5.74, 6) is -0.330. The fraction of sp³-hybridized carbons (Fsp3) is 0.467. The number of rotatable bonds is 1. The number of fused-ring (bicyclic) bond motifs is 1. The van der Waals surface area contributed by atoms with Crippen molar-refractivity contribution in [3.8, 4) is 0 Å². The van der Waals surface area contributed by atoms with Crippen molar-refractivity contribution in [1.82, 2.24) is 4.90 Å². The fourth-order valence-electron chi connectivity index (χ4n) is 2.96. The van der Waals surface area contributed by atoms with Crippen LogP contribution in [0.1, 0.15) is 25.3 Å². The second-order valence-electron chi connectivity index (χ2n) is 5.61. The van der Waals surface area contributed by atoms with Gasteiger partial charge in [-0.2, -0.15) is 0 Å². The Kier molecular flexibility index (Phi) is 2.87. The van der Waals surface area contributed by atoms with Gasteiger partial charge in [-0.25, -0.2) is 4.39 Å². The molecule has 102 valence electrons. The zero-order valence-electron chi connectivity index (χ0n) is 11.2. The van der Waals surface area contributed by atoms with Gasteiger partial charge in [0.1, 0.15) is 11.4 Å². The number of likely N-dealkylation sites (tertiary alicyclic amines) is 1. The normalized spacial score (nSPS) is 28.9. The molecular weight excluding hydrogens is 245 g/mol. The molecule has 1 aromatic carbocycles. The fourth-order valence-corrected chi connectivity index (χ4v) is 2.96. The van der Waals surface area contributed by atoms with Crippen molar-refractivity contribution in [3.63, 3.8) is 0 Å². The summed E-state index contributed by atoms with van der Waals surface area (Å²) in [6, 6.07) is 4.82. The molecule has 1 aliphatic rings. The number of hydrogen-bond donors (Lipinski definition) is 1. The van der Waals surface area contributed by atoms with Crippen molar-refractivity contribution < 1.29 is 13.9 Å². The Morgan fingerprint density at radius 2 is 2.26 bits per heavy atom. The Balaban J connectivity index is 2.10. The third kappa shape index (κ3) is 2.05. The number of benzene rings is 1. The van der Waals surface area contributed by atoms with E-state index in [4.69, 9.17) is 4.42 Å². The first-order valence-electron chi connectivity index (χ1n) is 6.59. The number of furan rings is 1. The molecule has 1 aliphatic heterocycles. The van der Waals surface area contributed by atoms with Gasteiger partial charge in [-0.05, 0) is 45.0 Å². The molecule has 19 heavy (non-hydrogen) atoms. The van der Waals surface area contributed by atoms with Gasteiger partial charge in [-0.15, -0.1) is 0 Å². The minimum absolute atomic E-state index is 0.257. The van der Waals surface area contributed by atoms with E-state index in [0.29, 0.717) is 29.4 Å².